The Labute approximate surface area is 204 Å². The van der Waals surface area contributed by atoms with Crippen molar-refractivity contribution in [3.8, 4) is 11.3 Å². The number of rotatable bonds is 8. The van der Waals surface area contributed by atoms with Crippen LogP contribution in [0.3, 0.4) is 0 Å². The van der Waals surface area contributed by atoms with E-state index in [1.165, 1.54) is 12.1 Å². The summed E-state index contributed by atoms with van der Waals surface area (Å²) in [6, 6.07) is 14.4. The molecule has 178 valence electrons. The number of piperidine rings is 1. The van der Waals surface area contributed by atoms with Crippen LogP contribution < -0.4 is 4.72 Å². The third kappa shape index (κ3) is 5.17. The molecule has 10 heteroatoms. The molecular formula is C24H27ClN6O2S. The molecule has 1 aliphatic rings. The number of aromatic amines is 1. The van der Waals surface area contributed by atoms with Gasteiger partial charge in [-0.15, -0.1) is 5.10 Å². The zero-order chi connectivity index (χ0) is 23.5. The lowest BCUT2D eigenvalue weighted by atomic mass is 9.97. The topological polar surface area (TPSA) is 95.9 Å². The Kier molecular flexibility index (Phi) is 6.69. The molecule has 1 aliphatic heterocycles. The van der Waals surface area contributed by atoms with Gasteiger partial charge in [0.1, 0.15) is 5.69 Å². The second kappa shape index (κ2) is 9.87. The minimum absolute atomic E-state index is 0.232. The molecule has 0 aliphatic carbocycles. The number of halogens is 1. The lowest BCUT2D eigenvalue weighted by Gasteiger charge is -2.31. The SMILES string of the molecule is O=S(=O)(NCCN1CCC(Cn2cc(-c3c[nH]c4ccccc34)nn2)CC1)c1ccc(Cl)cc1. The normalized spacial score (nSPS) is 15.8. The fourth-order valence-electron chi connectivity index (χ4n) is 4.49. The quantitative estimate of drug-likeness (QED) is 0.385. The molecule has 0 radical (unpaired) electrons. The van der Waals surface area contributed by atoms with E-state index in [0.29, 0.717) is 24.0 Å². The zero-order valence-corrected chi connectivity index (χ0v) is 20.3. The van der Waals surface area contributed by atoms with E-state index in [2.05, 4.69) is 37.1 Å². The van der Waals surface area contributed by atoms with Gasteiger partial charge in [-0.05, 0) is 62.2 Å². The molecule has 2 aromatic carbocycles. The van der Waals surface area contributed by atoms with Gasteiger partial charge in [0.05, 0.1) is 11.1 Å². The summed E-state index contributed by atoms with van der Waals surface area (Å²) >= 11 is 5.84. The van der Waals surface area contributed by atoms with E-state index >= 15 is 0 Å². The van der Waals surface area contributed by atoms with E-state index in [1.54, 1.807) is 12.1 Å². The smallest absolute Gasteiger partial charge is 0.240 e. The Morgan fingerprint density at radius 1 is 1.09 bits per heavy atom. The summed E-state index contributed by atoms with van der Waals surface area (Å²) in [5.74, 6) is 0.527. The highest BCUT2D eigenvalue weighted by atomic mass is 35.5. The summed E-state index contributed by atoms with van der Waals surface area (Å²) in [4.78, 5) is 5.83. The van der Waals surface area contributed by atoms with Gasteiger partial charge in [0.15, 0.2) is 0 Å². The van der Waals surface area contributed by atoms with Gasteiger partial charge in [0, 0.05) is 47.3 Å². The van der Waals surface area contributed by atoms with Gasteiger partial charge in [-0.1, -0.05) is 35.0 Å². The molecule has 3 heterocycles. The fraction of sp³-hybridized carbons (Fsp3) is 0.333. The molecular weight excluding hydrogens is 472 g/mol. The third-order valence-corrected chi connectivity index (χ3v) is 8.13. The summed E-state index contributed by atoms with van der Waals surface area (Å²) in [5.41, 5.74) is 3.04. The van der Waals surface area contributed by atoms with Crippen LogP contribution in [0.5, 0.6) is 0 Å². The molecule has 0 bridgehead atoms. The van der Waals surface area contributed by atoms with Gasteiger partial charge in [0.25, 0.3) is 0 Å². The average Bonchev–Trinajstić information content (AvgIpc) is 3.47. The first kappa shape index (κ1) is 23.0. The summed E-state index contributed by atoms with van der Waals surface area (Å²) in [7, 11) is -3.52. The molecule has 0 amide bonds. The predicted molar refractivity (Wildman–Crippen MR) is 133 cm³/mol. The van der Waals surface area contributed by atoms with Gasteiger partial charge < -0.3 is 9.88 Å². The average molecular weight is 499 g/mol. The van der Waals surface area contributed by atoms with Crippen molar-refractivity contribution in [1.82, 2.24) is 29.6 Å². The first-order valence-electron chi connectivity index (χ1n) is 11.4. The Morgan fingerprint density at radius 2 is 1.85 bits per heavy atom. The highest BCUT2D eigenvalue weighted by Gasteiger charge is 2.21. The number of hydrogen-bond donors (Lipinski definition) is 2. The van der Waals surface area contributed by atoms with Crippen LogP contribution in [0.2, 0.25) is 5.02 Å². The van der Waals surface area contributed by atoms with E-state index in [9.17, 15) is 8.42 Å². The second-order valence-electron chi connectivity index (χ2n) is 8.71. The maximum Gasteiger partial charge on any atom is 0.240 e. The molecule has 0 saturated carbocycles. The second-order valence-corrected chi connectivity index (χ2v) is 10.9. The first-order valence-corrected chi connectivity index (χ1v) is 13.3. The fourth-order valence-corrected chi connectivity index (χ4v) is 5.63. The molecule has 0 atom stereocenters. The number of para-hydroxylation sites is 1. The van der Waals surface area contributed by atoms with Crippen LogP contribution in [0, 0.1) is 5.92 Å². The first-order chi connectivity index (χ1) is 16.5. The van der Waals surface area contributed by atoms with Crippen LogP contribution in [-0.4, -0.2) is 59.5 Å². The van der Waals surface area contributed by atoms with Crippen molar-refractivity contribution in [3.05, 3.63) is 65.9 Å². The maximum atomic E-state index is 12.4. The molecule has 8 nitrogen and oxygen atoms in total. The lowest BCUT2D eigenvalue weighted by Crippen LogP contribution is -2.40. The largest absolute Gasteiger partial charge is 0.360 e. The van der Waals surface area contributed by atoms with Crippen LogP contribution >= 0.6 is 11.6 Å². The number of sulfonamides is 1. The Bertz CT molecular complexity index is 1360. The van der Waals surface area contributed by atoms with Crippen molar-refractivity contribution >= 4 is 32.5 Å². The minimum atomic E-state index is -3.52. The Morgan fingerprint density at radius 3 is 2.65 bits per heavy atom. The summed E-state index contributed by atoms with van der Waals surface area (Å²) in [6.07, 6.45) is 6.10. The van der Waals surface area contributed by atoms with Gasteiger partial charge in [0.2, 0.25) is 10.0 Å². The van der Waals surface area contributed by atoms with Crippen molar-refractivity contribution in [2.45, 2.75) is 24.3 Å². The molecule has 2 aromatic heterocycles. The van der Waals surface area contributed by atoms with Crippen LogP contribution in [0.25, 0.3) is 22.2 Å². The zero-order valence-electron chi connectivity index (χ0n) is 18.7. The van der Waals surface area contributed by atoms with Crippen LogP contribution in [0.1, 0.15) is 12.8 Å². The molecule has 4 aromatic rings. The summed E-state index contributed by atoms with van der Waals surface area (Å²) in [5, 5.41) is 10.4. The van der Waals surface area contributed by atoms with Gasteiger partial charge in [-0.25, -0.2) is 13.1 Å². The number of hydrogen-bond acceptors (Lipinski definition) is 5. The van der Waals surface area contributed by atoms with E-state index in [4.69, 9.17) is 11.6 Å². The lowest BCUT2D eigenvalue weighted by molar-refractivity contribution is 0.173. The number of aromatic nitrogens is 4. The number of likely N-dealkylation sites (tertiary alicyclic amines) is 1. The van der Waals surface area contributed by atoms with E-state index in [-0.39, 0.29) is 4.90 Å². The van der Waals surface area contributed by atoms with Crippen molar-refractivity contribution in [1.29, 1.82) is 0 Å². The highest BCUT2D eigenvalue weighted by Crippen LogP contribution is 2.27. The van der Waals surface area contributed by atoms with Crippen molar-refractivity contribution in [2.24, 2.45) is 5.92 Å². The van der Waals surface area contributed by atoms with Gasteiger partial charge in [-0.3, -0.25) is 4.68 Å². The summed E-state index contributed by atoms with van der Waals surface area (Å²) in [6.45, 7) is 3.79. The van der Waals surface area contributed by atoms with Crippen LogP contribution in [0.15, 0.2) is 65.8 Å². The number of nitrogens with zero attached hydrogens (tertiary/aromatic N) is 4. The van der Waals surface area contributed by atoms with E-state index in [1.807, 2.05) is 29.2 Å². The Balaban J connectivity index is 1.09. The molecule has 0 unspecified atom stereocenters. The molecule has 1 fully saturated rings. The molecule has 2 N–H and O–H groups in total. The molecule has 34 heavy (non-hydrogen) atoms. The van der Waals surface area contributed by atoms with E-state index in [0.717, 1.165) is 54.6 Å². The standard InChI is InChI=1S/C24H27ClN6O2S/c25-19-5-7-20(8-6-19)34(32,33)27-11-14-30-12-9-18(10-13-30)16-31-17-24(28-29-31)22-15-26-23-4-2-1-3-21(22)23/h1-8,15,17-18,26-27H,9-14,16H2. The molecule has 5 rings (SSSR count). The van der Waals surface area contributed by atoms with Crippen LogP contribution in [0.4, 0.5) is 0 Å². The number of fused-ring (bicyclic) bond motifs is 1. The number of nitrogens with one attached hydrogen (secondary N) is 2. The van der Waals surface area contributed by atoms with Gasteiger partial charge >= 0.3 is 0 Å². The Hall–Kier alpha value is -2.72. The van der Waals surface area contributed by atoms with Crippen molar-refractivity contribution in [2.75, 3.05) is 26.2 Å². The number of benzene rings is 2. The summed E-state index contributed by atoms with van der Waals surface area (Å²) < 4.78 is 29.4. The van der Waals surface area contributed by atoms with E-state index < -0.39 is 10.0 Å². The van der Waals surface area contributed by atoms with Crippen LogP contribution in [-0.2, 0) is 16.6 Å². The molecule has 1 saturated heterocycles. The minimum Gasteiger partial charge on any atom is -0.360 e. The number of H-pyrrole nitrogens is 1. The monoisotopic (exact) mass is 498 g/mol. The van der Waals surface area contributed by atoms with Crippen molar-refractivity contribution < 1.29 is 8.42 Å². The molecule has 0 spiro atoms. The van der Waals surface area contributed by atoms with Gasteiger partial charge in [-0.2, -0.15) is 0 Å². The predicted octanol–water partition coefficient (Wildman–Crippen LogP) is 3.77. The highest BCUT2D eigenvalue weighted by molar-refractivity contribution is 7.89. The third-order valence-electron chi connectivity index (χ3n) is 6.40. The maximum absolute atomic E-state index is 12.4. The van der Waals surface area contributed by atoms with Crippen molar-refractivity contribution in [3.63, 3.8) is 0 Å².